The van der Waals surface area contributed by atoms with Crippen LogP contribution in [0.1, 0.15) is 41.5 Å². The predicted octanol–water partition coefficient (Wildman–Crippen LogP) is 1.49. The lowest BCUT2D eigenvalue weighted by molar-refractivity contribution is 0.261. The first-order chi connectivity index (χ1) is 6.79. The van der Waals surface area contributed by atoms with Gasteiger partial charge in [0.05, 0.1) is 0 Å². The summed E-state index contributed by atoms with van der Waals surface area (Å²) in [5.41, 5.74) is 2.78. The van der Waals surface area contributed by atoms with Crippen LogP contribution in [-0.4, -0.2) is 18.5 Å². The number of hydrogen-bond acceptors (Lipinski definition) is 2. The number of guanidine groups is 1. The number of aliphatic imine (C=N–C) groups is 1. The molecule has 90 valence electrons. The molecule has 4 heteroatoms. The maximum absolute atomic E-state index is 5.38. The summed E-state index contributed by atoms with van der Waals surface area (Å²) in [6, 6.07) is 0.335. The molecule has 0 spiro atoms. The Bertz CT molecular complexity index is 207. The topological polar surface area (TPSA) is 62.4 Å². The molecule has 4 nitrogen and oxygen atoms in total. The summed E-state index contributed by atoms with van der Waals surface area (Å²) in [6.07, 6.45) is 0. The third-order valence-electron chi connectivity index (χ3n) is 2.77. The van der Waals surface area contributed by atoms with Crippen molar-refractivity contribution in [2.45, 2.75) is 47.6 Å². The normalized spacial score (nSPS) is 13.5. The van der Waals surface area contributed by atoms with Crippen LogP contribution in [0.2, 0.25) is 0 Å². The highest BCUT2D eigenvalue weighted by Gasteiger charge is 2.21. The summed E-state index contributed by atoms with van der Waals surface area (Å²) >= 11 is 0. The largest absolute Gasteiger partial charge is 0.353 e. The highest BCUT2D eigenvalue weighted by Crippen LogP contribution is 2.25. The average molecular weight is 214 g/mol. The van der Waals surface area contributed by atoms with Crippen molar-refractivity contribution >= 4 is 5.96 Å². The second-order valence-corrected chi connectivity index (χ2v) is 5.25. The van der Waals surface area contributed by atoms with Gasteiger partial charge in [-0.05, 0) is 25.2 Å². The fourth-order valence-electron chi connectivity index (χ4n) is 0.872. The molecule has 0 unspecified atom stereocenters. The van der Waals surface area contributed by atoms with Crippen molar-refractivity contribution in [3.63, 3.8) is 0 Å². The van der Waals surface area contributed by atoms with Crippen molar-refractivity contribution in [2.24, 2.45) is 22.2 Å². The van der Waals surface area contributed by atoms with Crippen LogP contribution < -0.4 is 16.6 Å². The maximum atomic E-state index is 5.38. The van der Waals surface area contributed by atoms with E-state index in [1.165, 1.54) is 0 Å². The first-order valence-corrected chi connectivity index (χ1v) is 5.57. The molecule has 0 saturated carbocycles. The Morgan fingerprint density at radius 1 is 1.27 bits per heavy atom. The lowest BCUT2D eigenvalue weighted by atomic mass is 9.81. The molecule has 0 aliphatic rings. The predicted molar refractivity (Wildman–Crippen MR) is 66.5 cm³/mol. The van der Waals surface area contributed by atoms with E-state index in [0.717, 1.165) is 6.54 Å². The van der Waals surface area contributed by atoms with E-state index in [-0.39, 0.29) is 5.41 Å². The number of nitrogens with two attached hydrogens (primary N) is 1. The molecule has 0 atom stereocenters. The maximum Gasteiger partial charge on any atom is 0.205 e. The van der Waals surface area contributed by atoms with E-state index in [2.05, 4.69) is 57.3 Å². The first-order valence-electron chi connectivity index (χ1n) is 5.57. The molecule has 0 amide bonds. The monoisotopic (exact) mass is 214 g/mol. The zero-order valence-corrected chi connectivity index (χ0v) is 10.9. The molecule has 0 heterocycles. The van der Waals surface area contributed by atoms with Crippen LogP contribution in [0.5, 0.6) is 0 Å². The number of hydrazine groups is 1. The summed E-state index contributed by atoms with van der Waals surface area (Å²) in [5.74, 6) is 6.65. The molecule has 0 saturated heterocycles. The van der Waals surface area contributed by atoms with Gasteiger partial charge in [0, 0.05) is 12.6 Å². The van der Waals surface area contributed by atoms with Crippen LogP contribution in [0.3, 0.4) is 0 Å². The molecular weight excluding hydrogens is 188 g/mol. The van der Waals surface area contributed by atoms with Gasteiger partial charge in [-0.25, -0.2) is 5.84 Å². The molecule has 0 aliphatic heterocycles. The summed E-state index contributed by atoms with van der Waals surface area (Å²) in [6.45, 7) is 13.7. The van der Waals surface area contributed by atoms with Gasteiger partial charge < -0.3 is 5.32 Å². The zero-order chi connectivity index (χ0) is 12.1. The van der Waals surface area contributed by atoms with E-state index in [9.17, 15) is 0 Å². The minimum Gasteiger partial charge on any atom is -0.353 e. The molecule has 4 N–H and O–H groups in total. The number of nitrogens with one attached hydrogen (secondary N) is 2. The Morgan fingerprint density at radius 3 is 2.13 bits per heavy atom. The summed E-state index contributed by atoms with van der Waals surface area (Å²) < 4.78 is 0. The molecule has 0 aromatic heterocycles. The van der Waals surface area contributed by atoms with E-state index in [4.69, 9.17) is 5.84 Å². The minimum absolute atomic E-state index is 0.195. The van der Waals surface area contributed by atoms with E-state index in [0.29, 0.717) is 17.9 Å². The van der Waals surface area contributed by atoms with Crippen molar-refractivity contribution in [1.29, 1.82) is 0 Å². The number of nitrogens with zero attached hydrogens (tertiary/aromatic N) is 1. The highest BCUT2D eigenvalue weighted by molar-refractivity contribution is 5.79. The van der Waals surface area contributed by atoms with Gasteiger partial charge in [-0.3, -0.25) is 10.4 Å². The molecule has 0 aliphatic carbocycles. The van der Waals surface area contributed by atoms with Crippen molar-refractivity contribution in [3.8, 4) is 0 Å². The minimum atomic E-state index is 0.195. The second kappa shape index (κ2) is 5.95. The molecule has 0 radical (unpaired) electrons. The molecule has 0 aromatic carbocycles. The smallest absolute Gasteiger partial charge is 0.205 e. The molecule has 0 bridgehead atoms. The fraction of sp³-hybridized carbons (Fsp3) is 0.909. The Hall–Kier alpha value is -0.770. The summed E-state index contributed by atoms with van der Waals surface area (Å²) in [7, 11) is 0. The Morgan fingerprint density at radius 2 is 1.80 bits per heavy atom. The van der Waals surface area contributed by atoms with Gasteiger partial charge in [0.15, 0.2) is 0 Å². The van der Waals surface area contributed by atoms with Gasteiger partial charge in [0.25, 0.3) is 0 Å². The third-order valence-corrected chi connectivity index (χ3v) is 2.77. The van der Waals surface area contributed by atoms with Gasteiger partial charge in [-0.1, -0.05) is 27.7 Å². The second-order valence-electron chi connectivity index (χ2n) is 5.25. The molecular formula is C11H26N4. The zero-order valence-electron chi connectivity index (χ0n) is 10.9. The molecule has 0 aromatic rings. The van der Waals surface area contributed by atoms with Gasteiger partial charge in [0.2, 0.25) is 5.96 Å². The van der Waals surface area contributed by atoms with Gasteiger partial charge in [0.1, 0.15) is 0 Å². The van der Waals surface area contributed by atoms with Gasteiger partial charge in [-0.15, -0.1) is 0 Å². The molecule has 15 heavy (non-hydrogen) atoms. The van der Waals surface area contributed by atoms with Crippen LogP contribution in [-0.2, 0) is 0 Å². The Kier molecular flexibility index (Phi) is 5.65. The summed E-state index contributed by atoms with van der Waals surface area (Å²) in [5, 5.41) is 3.15. The SMILES string of the molecule is CC(C)NC(=NCC(C)(C)C(C)C)NN. The average Bonchev–Trinajstić information content (AvgIpc) is 2.11. The van der Waals surface area contributed by atoms with Crippen LogP contribution in [0.4, 0.5) is 0 Å². The number of hydrogen-bond donors (Lipinski definition) is 3. The molecule has 0 fully saturated rings. The van der Waals surface area contributed by atoms with Crippen LogP contribution in [0.25, 0.3) is 0 Å². The van der Waals surface area contributed by atoms with Crippen LogP contribution in [0.15, 0.2) is 4.99 Å². The van der Waals surface area contributed by atoms with Gasteiger partial charge >= 0.3 is 0 Å². The van der Waals surface area contributed by atoms with Crippen LogP contribution >= 0.6 is 0 Å². The van der Waals surface area contributed by atoms with Gasteiger partial charge in [-0.2, -0.15) is 0 Å². The number of rotatable bonds is 4. The first kappa shape index (κ1) is 14.2. The standard InChI is InChI=1S/C11H26N4/c1-8(2)11(5,6)7-13-10(15-12)14-9(3)4/h8-9H,7,12H2,1-6H3,(H2,13,14,15). The van der Waals surface area contributed by atoms with Crippen molar-refractivity contribution in [1.82, 2.24) is 10.7 Å². The molecule has 0 rings (SSSR count). The van der Waals surface area contributed by atoms with Crippen molar-refractivity contribution < 1.29 is 0 Å². The van der Waals surface area contributed by atoms with Crippen molar-refractivity contribution in [2.75, 3.05) is 6.54 Å². The van der Waals surface area contributed by atoms with E-state index >= 15 is 0 Å². The van der Waals surface area contributed by atoms with E-state index < -0.39 is 0 Å². The summed E-state index contributed by atoms with van der Waals surface area (Å²) in [4.78, 5) is 4.44. The van der Waals surface area contributed by atoms with Crippen LogP contribution in [0, 0.1) is 11.3 Å². The highest BCUT2D eigenvalue weighted by atomic mass is 15.3. The Balaban J connectivity index is 4.33. The third kappa shape index (κ3) is 5.62. The quantitative estimate of drug-likeness (QED) is 0.287. The Labute approximate surface area is 93.7 Å². The van der Waals surface area contributed by atoms with E-state index in [1.807, 2.05) is 0 Å². The fourth-order valence-corrected chi connectivity index (χ4v) is 0.872. The lowest BCUT2D eigenvalue weighted by Crippen LogP contribution is -2.45. The van der Waals surface area contributed by atoms with E-state index in [1.54, 1.807) is 0 Å². The van der Waals surface area contributed by atoms with Crippen molar-refractivity contribution in [3.05, 3.63) is 0 Å². The lowest BCUT2D eigenvalue weighted by Gasteiger charge is -2.27.